The highest BCUT2D eigenvalue weighted by Crippen LogP contribution is 2.44. The van der Waals surface area contributed by atoms with Crippen LogP contribution in [0.3, 0.4) is 0 Å². The molecule has 1 fully saturated rings. The molecule has 0 aliphatic carbocycles. The largest absolute Gasteiger partial charge is 0.369 e. The minimum atomic E-state index is -0.158. The molecule has 8 nitrogen and oxygen atoms in total. The van der Waals surface area contributed by atoms with E-state index >= 15 is 0 Å². The van der Waals surface area contributed by atoms with Crippen LogP contribution in [0, 0.1) is 5.92 Å². The van der Waals surface area contributed by atoms with E-state index in [4.69, 9.17) is 0 Å². The lowest BCUT2D eigenvalue weighted by molar-refractivity contribution is -0.117. The van der Waals surface area contributed by atoms with Gasteiger partial charge in [0.1, 0.15) is 5.82 Å². The summed E-state index contributed by atoms with van der Waals surface area (Å²) in [7, 11) is 1.61. The highest BCUT2D eigenvalue weighted by molar-refractivity contribution is 5.95. The van der Waals surface area contributed by atoms with Gasteiger partial charge in [0, 0.05) is 75.2 Å². The van der Waals surface area contributed by atoms with Crippen molar-refractivity contribution < 1.29 is 9.59 Å². The number of nitrogens with one attached hydrogen (secondary N) is 3. The Labute approximate surface area is 195 Å². The summed E-state index contributed by atoms with van der Waals surface area (Å²) in [4.78, 5) is 33.4. The third-order valence-corrected chi connectivity index (χ3v) is 6.87. The second kappa shape index (κ2) is 9.79. The van der Waals surface area contributed by atoms with Gasteiger partial charge in [-0.3, -0.25) is 9.59 Å². The molecule has 1 saturated heterocycles. The molecule has 2 aliphatic heterocycles. The number of amides is 2. The van der Waals surface area contributed by atoms with Crippen molar-refractivity contribution in [3.05, 3.63) is 47.7 Å². The van der Waals surface area contributed by atoms with E-state index in [1.54, 1.807) is 26.2 Å². The second-order valence-electron chi connectivity index (χ2n) is 8.84. The molecule has 0 saturated carbocycles. The van der Waals surface area contributed by atoms with Gasteiger partial charge in [-0.25, -0.2) is 4.98 Å². The van der Waals surface area contributed by atoms with Gasteiger partial charge in [0.05, 0.1) is 11.6 Å². The Morgan fingerprint density at radius 3 is 2.55 bits per heavy atom. The van der Waals surface area contributed by atoms with Crippen molar-refractivity contribution in [3.8, 4) is 0 Å². The number of anilines is 3. The maximum Gasteiger partial charge on any atom is 0.252 e. The molecule has 2 aromatic rings. The summed E-state index contributed by atoms with van der Waals surface area (Å²) < 4.78 is 0. The third-order valence-electron chi connectivity index (χ3n) is 6.87. The van der Waals surface area contributed by atoms with Crippen molar-refractivity contribution in [2.45, 2.75) is 39.3 Å². The Hall–Kier alpha value is -3.13. The SMILES string of the molecule is CC[C@H]1[C@H](C)C(Nc2ccc(C(=O)NC)cn2)c2cc(N3CCNCC3)ccc2N1C(C)=O. The molecule has 33 heavy (non-hydrogen) atoms. The summed E-state index contributed by atoms with van der Waals surface area (Å²) in [5, 5.41) is 9.64. The first-order valence-electron chi connectivity index (χ1n) is 11.8. The molecule has 3 heterocycles. The van der Waals surface area contributed by atoms with Gasteiger partial charge in [-0.2, -0.15) is 0 Å². The van der Waals surface area contributed by atoms with Crippen molar-refractivity contribution in [2.24, 2.45) is 5.92 Å². The van der Waals surface area contributed by atoms with Crippen LogP contribution in [0.1, 0.15) is 49.2 Å². The van der Waals surface area contributed by atoms with Gasteiger partial charge in [-0.15, -0.1) is 0 Å². The zero-order chi connectivity index (χ0) is 23.5. The average Bonchev–Trinajstić information content (AvgIpc) is 2.85. The number of benzene rings is 1. The van der Waals surface area contributed by atoms with Crippen LogP contribution < -0.4 is 25.8 Å². The van der Waals surface area contributed by atoms with Crippen LogP contribution in [-0.4, -0.2) is 56.1 Å². The van der Waals surface area contributed by atoms with Crippen molar-refractivity contribution in [1.82, 2.24) is 15.6 Å². The fraction of sp³-hybridized carbons (Fsp3) is 0.480. The van der Waals surface area contributed by atoms with Gasteiger partial charge in [0.2, 0.25) is 5.91 Å². The molecule has 8 heteroatoms. The summed E-state index contributed by atoms with van der Waals surface area (Å²) in [6, 6.07) is 10.2. The first-order chi connectivity index (χ1) is 15.9. The van der Waals surface area contributed by atoms with E-state index in [-0.39, 0.29) is 29.8 Å². The minimum Gasteiger partial charge on any atom is -0.369 e. The summed E-state index contributed by atoms with van der Waals surface area (Å²) in [5.41, 5.74) is 3.77. The predicted octanol–water partition coefficient (Wildman–Crippen LogP) is 2.79. The van der Waals surface area contributed by atoms with Crippen molar-refractivity contribution in [3.63, 3.8) is 0 Å². The number of piperazine rings is 1. The van der Waals surface area contributed by atoms with Gasteiger partial charge in [0.25, 0.3) is 5.91 Å². The fourth-order valence-corrected chi connectivity index (χ4v) is 5.13. The second-order valence-corrected chi connectivity index (χ2v) is 8.84. The zero-order valence-corrected chi connectivity index (χ0v) is 19.9. The fourth-order valence-electron chi connectivity index (χ4n) is 5.13. The summed E-state index contributed by atoms with van der Waals surface area (Å²) in [6.07, 6.45) is 2.45. The molecule has 0 radical (unpaired) electrons. The van der Waals surface area contributed by atoms with Crippen LogP contribution in [0.2, 0.25) is 0 Å². The van der Waals surface area contributed by atoms with E-state index in [1.807, 2.05) is 11.0 Å². The molecule has 1 aromatic carbocycles. The summed E-state index contributed by atoms with van der Waals surface area (Å²) in [5.74, 6) is 0.792. The Morgan fingerprint density at radius 1 is 1.18 bits per heavy atom. The quantitative estimate of drug-likeness (QED) is 0.649. The van der Waals surface area contributed by atoms with Crippen molar-refractivity contribution in [2.75, 3.05) is 48.3 Å². The number of hydrogen-bond donors (Lipinski definition) is 3. The predicted molar refractivity (Wildman–Crippen MR) is 132 cm³/mol. The summed E-state index contributed by atoms with van der Waals surface area (Å²) >= 11 is 0. The highest BCUT2D eigenvalue weighted by Gasteiger charge is 2.40. The van der Waals surface area contributed by atoms with Crippen LogP contribution in [0.25, 0.3) is 0 Å². The maximum atomic E-state index is 12.7. The van der Waals surface area contributed by atoms with Gasteiger partial charge < -0.3 is 25.8 Å². The van der Waals surface area contributed by atoms with Gasteiger partial charge in [0.15, 0.2) is 0 Å². The first kappa shape index (κ1) is 23.0. The van der Waals surface area contributed by atoms with E-state index < -0.39 is 0 Å². The Balaban J connectivity index is 1.73. The Bertz CT molecular complexity index is 1000. The normalized spacial score (nSPS) is 22.5. The average molecular weight is 451 g/mol. The highest BCUT2D eigenvalue weighted by atomic mass is 16.2. The van der Waals surface area contributed by atoms with Crippen LogP contribution >= 0.6 is 0 Å². The number of rotatable bonds is 5. The van der Waals surface area contributed by atoms with Crippen LogP contribution in [-0.2, 0) is 4.79 Å². The van der Waals surface area contributed by atoms with Crippen LogP contribution in [0.15, 0.2) is 36.5 Å². The van der Waals surface area contributed by atoms with Gasteiger partial charge in [-0.1, -0.05) is 13.8 Å². The molecular weight excluding hydrogens is 416 g/mol. The number of carbonyl (C=O) groups excluding carboxylic acids is 2. The Morgan fingerprint density at radius 2 is 1.94 bits per heavy atom. The number of hydrogen-bond acceptors (Lipinski definition) is 6. The van der Waals surface area contributed by atoms with E-state index in [0.29, 0.717) is 11.4 Å². The van der Waals surface area contributed by atoms with Crippen molar-refractivity contribution >= 4 is 29.0 Å². The lowest BCUT2D eigenvalue weighted by Crippen LogP contribution is -2.50. The molecule has 3 atom stereocenters. The van der Waals surface area contributed by atoms with Gasteiger partial charge >= 0.3 is 0 Å². The molecule has 4 rings (SSSR count). The number of nitrogens with zero attached hydrogens (tertiary/aromatic N) is 3. The molecule has 0 bridgehead atoms. The minimum absolute atomic E-state index is 0.0123. The molecule has 1 unspecified atom stereocenters. The lowest BCUT2D eigenvalue weighted by atomic mass is 9.80. The molecule has 1 aromatic heterocycles. The van der Waals surface area contributed by atoms with E-state index in [2.05, 4.69) is 57.9 Å². The first-order valence-corrected chi connectivity index (χ1v) is 11.8. The van der Waals surface area contributed by atoms with E-state index in [9.17, 15) is 9.59 Å². The topological polar surface area (TPSA) is 89.6 Å². The van der Waals surface area contributed by atoms with Crippen molar-refractivity contribution in [1.29, 1.82) is 0 Å². The number of pyridine rings is 1. The zero-order valence-electron chi connectivity index (χ0n) is 19.9. The van der Waals surface area contributed by atoms with Crippen LogP contribution in [0.4, 0.5) is 17.2 Å². The molecular formula is C25H34N6O2. The maximum absolute atomic E-state index is 12.7. The molecule has 2 aliphatic rings. The number of carbonyl (C=O) groups is 2. The van der Waals surface area contributed by atoms with E-state index in [1.165, 1.54) is 5.69 Å². The molecule has 2 amide bonds. The van der Waals surface area contributed by atoms with Crippen LogP contribution in [0.5, 0.6) is 0 Å². The van der Waals surface area contributed by atoms with Gasteiger partial charge in [-0.05, 0) is 36.8 Å². The molecule has 176 valence electrons. The molecule has 3 N–H and O–H groups in total. The number of aromatic nitrogens is 1. The standard InChI is InChI=1S/C25H34N6O2/c1-5-21-16(2)24(29-23-9-6-18(15-28-23)25(33)26-4)20-14-19(30-12-10-27-11-13-30)7-8-22(20)31(21)17(3)32/h6-9,14-16,21,24,27H,5,10-13H2,1-4H3,(H,26,33)(H,28,29)/t16-,21-,24?/m0/s1. The molecule has 0 spiro atoms. The smallest absolute Gasteiger partial charge is 0.252 e. The Kier molecular flexibility index (Phi) is 6.83. The third kappa shape index (κ3) is 4.53. The monoisotopic (exact) mass is 450 g/mol. The lowest BCUT2D eigenvalue weighted by Gasteiger charge is -2.45. The van der Waals surface area contributed by atoms with E-state index in [0.717, 1.165) is 43.9 Å². The summed E-state index contributed by atoms with van der Waals surface area (Å²) in [6.45, 7) is 9.83. The number of fused-ring (bicyclic) bond motifs is 1.